The molecule has 0 spiro atoms. The van der Waals surface area contributed by atoms with Crippen molar-refractivity contribution in [1.82, 2.24) is 10.3 Å². The number of benzene rings is 1. The van der Waals surface area contributed by atoms with Crippen molar-refractivity contribution in [2.75, 3.05) is 19.4 Å². The number of rotatable bonds is 7. The number of nitrogens with one attached hydrogen (secondary N) is 1. The second kappa shape index (κ2) is 7.64. The van der Waals surface area contributed by atoms with Crippen molar-refractivity contribution in [2.45, 2.75) is 19.3 Å². The lowest BCUT2D eigenvalue weighted by Gasteiger charge is -2.08. The molecule has 0 fully saturated rings. The third-order valence-corrected chi connectivity index (χ3v) is 3.77. The summed E-state index contributed by atoms with van der Waals surface area (Å²) in [7, 11) is 1.61. The first-order valence-corrected chi connectivity index (χ1v) is 7.65. The normalized spacial score (nSPS) is 10.3. The topological polar surface area (TPSA) is 77.2 Å². The van der Waals surface area contributed by atoms with Crippen LogP contribution in [0.4, 0.5) is 5.13 Å². The fraction of sp³-hybridized carbons (Fsp3) is 0.333. The van der Waals surface area contributed by atoms with Crippen LogP contribution in [0.5, 0.6) is 5.75 Å². The Kier molecular flexibility index (Phi) is 5.57. The predicted molar refractivity (Wildman–Crippen MR) is 84.6 cm³/mol. The number of ether oxygens (including phenoxy) is 1. The van der Waals surface area contributed by atoms with E-state index >= 15 is 0 Å². The molecule has 3 N–H and O–H groups in total. The minimum atomic E-state index is -0.00251. The van der Waals surface area contributed by atoms with Crippen molar-refractivity contribution in [3.05, 3.63) is 40.9 Å². The lowest BCUT2D eigenvalue weighted by Crippen LogP contribution is -2.26. The Hall–Kier alpha value is -2.08. The molecule has 0 unspecified atom stereocenters. The van der Waals surface area contributed by atoms with Gasteiger partial charge in [0.1, 0.15) is 5.75 Å². The summed E-state index contributed by atoms with van der Waals surface area (Å²) >= 11 is 1.44. The van der Waals surface area contributed by atoms with Crippen LogP contribution < -0.4 is 15.8 Å². The van der Waals surface area contributed by atoms with E-state index in [0.29, 0.717) is 18.1 Å². The van der Waals surface area contributed by atoms with Gasteiger partial charge in [-0.1, -0.05) is 18.2 Å². The van der Waals surface area contributed by atoms with Crippen LogP contribution in [-0.2, 0) is 17.6 Å². The fourth-order valence-electron chi connectivity index (χ4n) is 2.02. The average Bonchev–Trinajstić information content (AvgIpc) is 2.90. The Morgan fingerprint density at radius 2 is 2.24 bits per heavy atom. The van der Waals surface area contributed by atoms with Crippen LogP contribution in [0.3, 0.4) is 0 Å². The Labute approximate surface area is 128 Å². The number of amides is 1. The van der Waals surface area contributed by atoms with E-state index < -0.39 is 0 Å². The standard InChI is InChI=1S/C15H19N3O2S/c1-20-13-7-3-2-5-11(13)9-14(19)17-8-4-6-12-10-21-15(16)18-12/h2-3,5,7,10H,4,6,8-9H2,1H3,(H2,16,18)(H,17,19). The number of carbonyl (C=O) groups excluding carboxylic acids is 1. The minimum Gasteiger partial charge on any atom is -0.496 e. The number of nitrogens with two attached hydrogens (primary N) is 1. The zero-order valence-corrected chi connectivity index (χ0v) is 12.8. The highest BCUT2D eigenvalue weighted by Gasteiger charge is 2.07. The molecule has 1 amide bonds. The molecule has 1 aromatic heterocycles. The van der Waals surface area contributed by atoms with Gasteiger partial charge in [0.15, 0.2) is 5.13 Å². The highest BCUT2D eigenvalue weighted by molar-refractivity contribution is 7.13. The largest absolute Gasteiger partial charge is 0.496 e. The van der Waals surface area contributed by atoms with Gasteiger partial charge in [0, 0.05) is 17.5 Å². The molecular weight excluding hydrogens is 286 g/mol. The molecule has 0 bridgehead atoms. The van der Waals surface area contributed by atoms with Gasteiger partial charge in [-0.15, -0.1) is 11.3 Å². The van der Waals surface area contributed by atoms with Crippen molar-refractivity contribution in [1.29, 1.82) is 0 Å². The van der Waals surface area contributed by atoms with Crippen molar-refractivity contribution in [3.63, 3.8) is 0 Å². The number of para-hydroxylation sites is 1. The van der Waals surface area contributed by atoms with Gasteiger partial charge in [0.25, 0.3) is 0 Å². The van der Waals surface area contributed by atoms with E-state index in [2.05, 4.69) is 10.3 Å². The summed E-state index contributed by atoms with van der Waals surface area (Å²) in [5.41, 5.74) is 7.45. The lowest BCUT2D eigenvalue weighted by atomic mass is 10.1. The molecule has 1 heterocycles. The third-order valence-electron chi connectivity index (χ3n) is 3.04. The summed E-state index contributed by atoms with van der Waals surface area (Å²) in [5, 5.41) is 5.45. The van der Waals surface area contributed by atoms with Crippen LogP contribution in [-0.4, -0.2) is 24.5 Å². The number of hydrogen-bond acceptors (Lipinski definition) is 5. The first kappa shape index (κ1) is 15.3. The van der Waals surface area contributed by atoms with E-state index in [1.165, 1.54) is 11.3 Å². The molecule has 0 aliphatic carbocycles. The number of methoxy groups -OCH3 is 1. The quantitative estimate of drug-likeness (QED) is 0.767. The smallest absolute Gasteiger partial charge is 0.224 e. The zero-order chi connectivity index (χ0) is 15.1. The maximum Gasteiger partial charge on any atom is 0.224 e. The molecule has 21 heavy (non-hydrogen) atoms. The molecule has 0 atom stereocenters. The number of thiazole rings is 1. The summed E-state index contributed by atoms with van der Waals surface area (Å²) < 4.78 is 5.23. The molecule has 0 aliphatic heterocycles. The molecule has 0 saturated heterocycles. The van der Waals surface area contributed by atoms with Gasteiger partial charge in [0.2, 0.25) is 5.91 Å². The number of anilines is 1. The molecule has 112 valence electrons. The van der Waals surface area contributed by atoms with Gasteiger partial charge in [-0.2, -0.15) is 0 Å². The maximum absolute atomic E-state index is 11.9. The van der Waals surface area contributed by atoms with E-state index in [0.717, 1.165) is 29.8 Å². The van der Waals surface area contributed by atoms with Crippen LogP contribution in [0.2, 0.25) is 0 Å². The SMILES string of the molecule is COc1ccccc1CC(=O)NCCCc1csc(N)n1. The van der Waals surface area contributed by atoms with Gasteiger partial charge in [0.05, 0.1) is 19.2 Å². The highest BCUT2D eigenvalue weighted by atomic mass is 32.1. The van der Waals surface area contributed by atoms with E-state index in [1.807, 2.05) is 29.6 Å². The van der Waals surface area contributed by atoms with Crippen molar-refractivity contribution < 1.29 is 9.53 Å². The summed E-state index contributed by atoms with van der Waals surface area (Å²) in [6.45, 7) is 0.630. The Bertz CT molecular complexity index is 598. The Balaban J connectivity index is 1.72. The lowest BCUT2D eigenvalue weighted by molar-refractivity contribution is -0.120. The van der Waals surface area contributed by atoms with E-state index in [-0.39, 0.29) is 5.91 Å². The summed E-state index contributed by atoms with van der Waals surface area (Å²) in [6.07, 6.45) is 2.00. The molecule has 5 nitrogen and oxygen atoms in total. The van der Waals surface area contributed by atoms with Crippen molar-refractivity contribution >= 4 is 22.4 Å². The predicted octanol–water partition coefficient (Wildman–Crippen LogP) is 2.03. The van der Waals surface area contributed by atoms with Crippen LogP contribution in [0.25, 0.3) is 0 Å². The molecule has 6 heteroatoms. The highest BCUT2D eigenvalue weighted by Crippen LogP contribution is 2.17. The van der Waals surface area contributed by atoms with E-state index in [1.54, 1.807) is 7.11 Å². The van der Waals surface area contributed by atoms with Gasteiger partial charge in [-0.05, 0) is 18.9 Å². The van der Waals surface area contributed by atoms with Crippen molar-refractivity contribution in [3.8, 4) is 5.75 Å². The van der Waals surface area contributed by atoms with E-state index in [4.69, 9.17) is 10.5 Å². The van der Waals surface area contributed by atoms with Gasteiger partial charge in [-0.3, -0.25) is 4.79 Å². The molecular formula is C15H19N3O2S. The number of aromatic nitrogens is 1. The second-order valence-electron chi connectivity index (χ2n) is 4.62. The third kappa shape index (κ3) is 4.75. The first-order valence-electron chi connectivity index (χ1n) is 6.77. The molecule has 2 aromatic rings. The van der Waals surface area contributed by atoms with Crippen LogP contribution in [0.1, 0.15) is 17.7 Å². The molecule has 1 aromatic carbocycles. The Morgan fingerprint density at radius 3 is 2.95 bits per heavy atom. The number of nitrogens with zero attached hydrogens (tertiary/aromatic N) is 1. The monoisotopic (exact) mass is 305 g/mol. The maximum atomic E-state index is 11.9. The molecule has 0 aliphatic rings. The average molecular weight is 305 g/mol. The second-order valence-corrected chi connectivity index (χ2v) is 5.51. The number of aryl methyl sites for hydroxylation is 1. The molecule has 2 rings (SSSR count). The van der Waals surface area contributed by atoms with Crippen LogP contribution in [0, 0.1) is 0 Å². The minimum absolute atomic E-state index is 0.00251. The number of hydrogen-bond donors (Lipinski definition) is 2. The van der Waals surface area contributed by atoms with E-state index in [9.17, 15) is 4.79 Å². The summed E-state index contributed by atoms with van der Waals surface area (Å²) in [5.74, 6) is 0.739. The molecule has 0 radical (unpaired) electrons. The Morgan fingerprint density at radius 1 is 1.43 bits per heavy atom. The van der Waals surface area contributed by atoms with Crippen LogP contribution >= 0.6 is 11.3 Å². The zero-order valence-electron chi connectivity index (χ0n) is 12.0. The van der Waals surface area contributed by atoms with Crippen LogP contribution in [0.15, 0.2) is 29.6 Å². The summed E-state index contributed by atoms with van der Waals surface area (Å²) in [6, 6.07) is 7.54. The van der Waals surface area contributed by atoms with Crippen molar-refractivity contribution in [2.24, 2.45) is 0 Å². The van der Waals surface area contributed by atoms with Gasteiger partial charge >= 0.3 is 0 Å². The first-order chi connectivity index (χ1) is 10.2. The number of nitrogen functional groups attached to an aromatic ring is 1. The van der Waals surface area contributed by atoms with Gasteiger partial charge < -0.3 is 15.8 Å². The number of carbonyl (C=O) groups is 1. The van der Waals surface area contributed by atoms with Gasteiger partial charge in [-0.25, -0.2) is 4.98 Å². The molecule has 0 saturated carbocycles. The fourth-order valence-corrected chi connectivity index (χ4v) is 2.62. The summed E-state index contributed by atoms with van der Waals surface area (Å²) in [4.78, 5) is 16.1.